The smallest absolute Gasteiger partial charge is 0.264 e. The van der Waals surface area contributed by atoms with E-state index in [1.54, 1.807) is 38.1 Å². The van der Waals surface area contributed by atoms with Gasteiger partial charge in [-0.3, -0.25) is 9.10 Å². The van der Waals surface area contributed by atoms with Gasteiger partial charge in [0.05, 0.1) is 23.2 Å². The number of carbonyl (C=O) groups excluding carboxylic acids is 1. The molecule has 192 valence electrons. The highest BCUT2D eigenvalue weighted by Crippen LogP contribution is 2.38. The van der Waals surface area contributed by atoms with E-state index in [1.807, 2.05) is 0 Å². The van der Waals surface area contributed by atoms with Crippen LogP contribution in [0, 0.1) is 11.6 Å². The molecule has 3 aromatic carbocycles. The lowest BCUT2D eigenvalue weighted by atomic mass is 10.1. The molecule has 36 heavy (non-hydrogen) atoms. The molecule has 0 saturated heterocycles. The number of nitrogens with one attached hydrogen (secondary N) is 1. The Kier molecular flexibility index (Phi) is 9.28. The minimum Gasteiger partial charge on any atom is -0.493 e. The van der Waals surface area contributed by atoms with Gasteiger partial charge in [-0.25, -0.2) is 17.2 Å². The van der Waals surface area contributed by atoms with Crippen molar-refractivity contribution in [2.24, 2.45) is 0 Å². The molecule has 0 aromatic heterocycles. The number of carbonyl (C=O) groups is 1. The number of hydrogen-bond donors (Lipinski definition) is 1. The Balaban J connectivity index is 1.98. The largest absolute Gasteiger partial charge is 0.493 e. The van der Waals surface area contributed by atoms with Gasteiger partial charge in [-0.15, -0.1) is 0 Å². The van der Waals surface area contributed by atoms with Gasteiger partial charge >= 0.3 is 0 Å². The fraction of sp³-hybridized carbons (Fsp3) is 0.269. The Morgan fingerprint density at radius 1 is 1.08 bits per heavy atom. The van der Waals surface area contributed by atoms with Crippen molar-refractivity contribution in [1.29, 1.82) is 0 Å². The number of para-hydroxylation sites is 1. The number of rotatable bonds is 11. The van der Waals surface area contributed by atoms with E-state index in [1.165, 1.54) is 24.3 Å². The van der Waals surface area contributed by atoms with Crippen molar-refractivity contribution in [2.75, 3.05) is 17.5 Å². The van der Waals surface area contributed by atoms with Gasteiger partial charge < -0.3 is 10.1 Å². The number of amides is 1. The topological polar surface area (TPSA) is 75.7 Å². The predicted octanol–water partition coefficient (Wildman–Crippen LogP) is 5.87. The number of ether oxygens (including phenoxy) is 1. The summed E-state index contributed by atoms with van der Waals surface area (Å²) < 4.78 is 63.3. The highest BCUT2D eigenvalue weighted by molar-refractivity contribution is 7.92. The summed E-state index contributed by atoms with van der Waals surface area (Å²) in [5.41, 5.74) is 0.0193. The number of nitrogens with zero attached hydrogens (tertiary/aromatic N) is 1. The average molecular weight is 537 g/mol. The molecular formula is C26H27ClF2N2O4S. The van der Waals surface area contributed by atoms with E-state index < -0.39 is 33.4 Å². The first kappa shape index (κ1) is 27.4. The summed E-state index contributed by atoms with van der Waals surface area (Å²) in [4.78, 5) is 11.3. The van der Waals surface area contributed by atoms with Crippen molar-refractivity contribution in [1.82, 2.24) is 5.32 Å². The molecule has 0 bridgehead atoms. The Hall–Kier alpha value is -3.17. The van der Waals surface area contributed by atoms with Gasteiger partial charge in [0.15, 0.2) is 0 Å². The van der Waals surface area contributed by atoms with Crippen molar-refractivity contribution < 1.29 is 26.7 Å². The van der Waals surface area contributed by atoms with Crippen LogP contribution in [0.2, 0.25) is 5.02 Å². The average Bonchev–Trinajstić information content (AvgIpc) is 2.86. The van der Waals surface area contributed by atoms with Crippen LogP contribution in [0.15, 0.2) is 71.6 Å². The van der Waals surface area contributed by atoms with Crippen molar-refractivity contribution >= 4 is 33.2 Å². The third-order valence-corrected chi connectivity index (χ3v) is 7.61. The molecule has 1 N–H and O–H groups in total. The highest BCUT2D eigenvalue weighted by Gasteiger charge is 2.34. The zero-order chi connectivity index (χ0) is 26.3. The van der Waals surface area contributed by atoms with Gasteiger partial charge in [0.1, 0.15) is 17.4 Å². The lowest BCUT2D eigenvalue weighted by Gasteiger charge is -2.32. The van der Waals surface area contributed by atoms with Crippen LogP contribution in [-0.4, -0.2) is 27.5 Å². The molecule has 0 spiro atoms. The minimum atomic E-state index is -4.35. The summed E-state index contributed by atoms with van der Waals surface area (Å²) >= 11 is 5.92. The third-order valence-electron chi connectivity index (χ3n) is 5.46. The van der Waals surface area contributed by atoms with Crippen LogP contribution in [0.5, 0.6) is 5.75 Å². The van der Waals surface area contributed by atoms with E-state index in [-0.39, 0.29) is 17.4 Å². The molecule has 6 nitrogen and oxygen atoms in total. The molecule has 3 rings (SSSR count). The van der Waals surface area contributed by atoms with Crippen LogP contribution < -0.4 is 14.4 Å². The molecular weight excluding hydrogens is 510 g/mol. The second-order valence-electron chi connectivity index (χ2n) is 7.97. The minimum absolute atomic E-state index is 0.0656. The summed E-state index contributed by atoms with van der Waals surface area (Å²) in [6.45, 7) is 4.01. The molecule has 0 aliphatic heterocycles. The molecule has 0 heterocycles. The van der Waals surface area contributed by atoms with Crippen LogP contribution in [0.1, 0.15) is 38.3 Å². The number of sulfonamides is 1. The highest BCUT2D eigenvalue weighted by atomic mass is 35.5. The quantitative estimate of drug-likeness (QED) is 0.311. The fourth-order valence-electron chi connectivity index (χ4n) is 3.61. The van der Waals surface area contributed by atoms with Gasteiger partial charge in [-0.05, 0) is 55.8 Å². The summed E-state index contributed by atoms with van der Waals surface area (Å²) in [6.07, 6.45) is 0.912. The number of anilines is 1. The van der Waals surface area contributed by atoms with Gasteiger partial charge in [-0.2, -0.15) is 0 Å². The Morgan fingerprint density at radius 3 is 2.47 bits per heavy atom. The number of halogens is 3. The monoisotopic (exact) mass is 536 g/mol. The predicted molar refractivity (Wildman–Crippen MR) is 136 cm³/mol. The van der Waals surface area contributed by atoms with Crippen LogP contribution >= 0.6 is 11.6 Å². The van der Waals surface area contributed by atoms with Gasteiger partial charge in [-0.1, -0.05) is 36.7 Å². The standard InChI is InChI=1S/C26H27ClF2N2O4S/c1-3-26(32)30-15-6-16-35-25-8-5-4-7-22(25)18(2)31(24-17-20(28)11-14-23(24)29)36(33,34)21-12-9-19(27)10-13-21/h4-5,7-14,17-18H,3,6,15-16H2,1-2H3,(H,30,32). The number of benzene rings is 3. The first-order valence-electron chi connectivity index (χ1n) is 11.4. The SMILES string of the molecule is CCC(=O)NCCCOc1ccccc1C(C)N(c1cc(F)ccc1F)S(=O)(=O)c1ccc(Cl)cc1. The van der Waals surface area contributed by atoms with E-state index >= 15 is 0 Å². The van der Waals surface area contributed by atoms with E-state index in [4.69, 9.17) is 16.3 Å². The van der Waals surface area contributed by atoms with E-state index in [2.05, 4.69) is 5.32 Å². The fourth-order valence-corrected chi connectivity index (χ4v) is 5.37. The second-order valence-corrected chi connectivity index (χ2v) is 10.2. The number of hydrogen-bond acceptors (Lipinski definition) is 4. The summed E-state index contributed by atoms with van der Waals surface area (Å²) in [5.74, 6) is -1.36. The molecule has 1 amide bonds. The Morgan fingerprint density at radius 2 is 1.78 bits per heavy atom. The molecule has 0 radical (unpaired) electrons. The van der Waals surface area contributed by atoms with E-state index in [0.717, 1.165) is 22.5 Å². The maximum Gasteiger partial charge on any atom is 0.264 e. The summed E-state index contributed by atoms with van der Waals surface area (Å²) in [7, 11) is -4.35. The van der Waals surface area contributed by atoms with E-state index in [0.29, 0.717) is 35.7 Å². The van der Waals surface area contributed by atoms with Gasteiger partial charge in [0.2, 0.25) is 5.91 Å². The molecule has 0 saturated carbocycles. The lowest BCUT2D eigenvalue weighted by molar-refractivity contribution is -0.120. The molecule has 3 aromatic rings. The van der Waals surface area contributed by atoms with Crippen LogP contribution in [-0.2, 0) is 14.8 Å². The maximum absolute atomic E-state index is 14.9. The summed E-state index contributed by atoms with van der Waals surface area (Å²) in [5, 5.41) is 3.09. The van der Waals surface area contributed by atoms with Crippen molar-refractivity contribution in [2.45, 2.75) is 37.6 Å². The molecule has 0 aliphatic rings. The van der Waals surface area contributed by atoms with Crippen LogP contribution in [0.3, 0.4) is 0 Å². The molecule has 1 atom stereocenters. The van der Waals surface area contributed by atoms with Gasteiger partial charge in [0.25, 0.3) is 10.0 Å². The maximum atomic E-state index is 14.9. The summed E-state index contributed by atoms with van der Waals surface area (Å²) in [6, 6.07) is 13.9. The first-order chi connectivity index (χ1) is 17.1. The lowest BCUT2D eigenvalue weighted by Crippen LogP contribution is -2.34. The second kappa shape index (κ2) is 12.2. The van der Waals surface area contributed by atoms with Crippen molar-refractivity contribution in [3.05, 3.63) is 89.0 Å². The Bertz CT molecular complexity index is 1300. The zero-order valence-corrected chi connectivity index (χ0v) is 21.5. The van der Waals surface area contributed by atoms with Crippen molar-refractivity contribution in [3.63, 3.8) is 0 Å². The molecule has 1 unspecified atom stereocenters. The van der Waals surface area contributed by atoms with Gasteiger partial charge in [0, 0.05) is 29.6 Å². The van der Waals surface area contributed by atoms with Crippen LogP contribution in [0.4, 0.5) is 14.5 Å². The zero-order valence-electron chi connectivity index (χ0n) is 19.9. The Labute approximate surface area is 214 Å². The normalized spacial score (nSPS) is 12.1. The molecule has 10 heteroatoms. The van der Waals surface area contributed by atoms with E-state index in [9.17, 15) is 22.0 Å². The first-order valence-corrected chi connectivity index (χ1v) is 13.2. The molecule has 0 fully saturated rings. The van der Waals surface area contributed by atoms with Crippen LogP contribution in [0.25, 0.3) is 0 Å². The molecule has 0 aliphatic carbocycles. The third kappa shape index (κ3) is 6.53. The van der Waals surface area contributed by atoms with Crippen molar-refractivity contribution in [3.8, 4) is 5.75 Å².